The fraction of sp³-hybridized carbons (Fsp3) is 0. The molecule has 0 atom stereocenters. The van der Waals surface area contributed by atoms with E-state index in [2.05, 4.69) is 4.65 Å². The molecular formula is C8H8BClO3. The van der Waals surface area contributed by atoms with Crippen molar-refractivity contribution in [2.75, 3.05) is 0 Å². The van der Waals surface area contributed by atoms with Crippen LogP contribution in [-0.2, 0) is 4.65 Å². The molecule has 68 valence electrons. The summed E-state index contributed by atoms with van der Waals surface area (Å²) in [6, 6.07) is 7.03. The Hall–Kier alpha value is -0.965. The van der Waals surface area contributed by atoms with Gasteiger partial charge in [0.15, 0.2) is 0 Å². The first-order valence-corrected chi connectivity index (χ1v) is 4.00. The summed E-state index contributed by atoms with van der Waals surface area (Å²) >= 11 is 5.66. The van der Waals surface area contributed by atoms with Gasteiger partial charge in [0.1, 0.15) is 0 Å². The van der Waals surface area contributed by atoms with Gasteiger partial charge in [-0.1, -0.05) is 23.7 Å². The van der Waals surface area contributed by atoms with E-state index in [4.69, 9.17) is 21.6 Å². The lowest BCUT2D eigenvalue weighted by Gasteiger charge is -1.96. The molecule has 0 aliphatic carbocycles. The monoisotopic (exact) mass is 198 g/mol. The third kappa shape index (κ3) is 3.98. The quantitative estimate of drug-likeness (QED) is 0.568. The minimum Gasteiger partial charge on any atom is -0.518 e. The van der Waals surface area contributed by atoms with Gasteiger partial charge in [-0.2, -0.15) is 0 Å². The van der Waals surface area contributed by atoms with E-state index >= 15 is 0 Å². The van der Waals surface area contributed by atoms with Crippen LogP contribution in [0.25, 0.3) is 6.08 Å². The Kier molecular flexibility index (Phi) is 3.83. The van der Waals surface area contributed by atoms with Gasteiger partial charge in [-0.25, -0.2) is 0 Å². The first kappa shape index (κ1) is 10.1. The molecule has 0 aromatic heterocycles. The summed E-state index contributed by atoms with van der Waals surface area (Å²) in [4.78, 5) is 0. The van der Waals surface area contributed by atoms with Gasteiger partial charge in [0.05, 0.1) is 6.26 Å². The number of hydrogen-bond acceptors (Lipinski definition) is 3. The Morgan fingerprint density at radius 2 is 1.85 bits per heavy atom. The predicted molar refractivity (Wildman–Crippen MR) is 51.8 cm³/mol. The van der Waals surface area contributed by atoms with Crippen LogP contribution in [0.2, 0.25) is 5.02 Å². The van der Waals surface area contributed by atoms with Crippen molar-refractivity contribution in [3.63, 3.8) is 0 Å². The van der Waals surface area contributed by atoms with Crippen LogP contribution in [0.5, 0.6) is 0 Å². The molecule has 0 spiro atoms. The van der Waals surface area contributed by atoms with Gasteiger partial charge >= 0.3 is 7.32 Å². The Morgan fingerprint density at radius 3 is 2.38 bits per heavy atom. The molecule has 0 aliphatic heterocycles. The molecule has 3 nitrogen and oxygen atoms in total. The Morgan fingerprint density at radius 1 is 1.23 bits per heavy atom. The highest BCUT2D eigenvalue weighted by Gasteiger charge is 2.05. The molecule has 0 fully saturated rings. The van der Waals surface area contributed by atoms with Crippen LogP contribution in [0, 0.1) is 0 Å². The normalized spacial score (nSPS) is 10.4. The smallest absolute Gasteiger partial charge is 0.518 e. The van der Waals surface area contributed by atoms with Gasteiger partial charge in [-0.05, 0) is 23.8 Å². The average molecular weight is 198 g/mol. The fourth-order valence-electron chi connectivity index (χ4n) is 0.762. The first-order valence-electron chi connectivity index (χ1n) is 3.62. The molecule has 0 bridgehead atoms. The largest absolute Gasteiger partial charge is 0.707 e. The fourth-order valence-corrected chi connectivity index (χ4v) is 0.888. The van der Waals surface area contributed by atoms with Crippen molar-refractivity contribution in [1.29, 1.82) is 0 Å². The maximum atomic E-state index is 8.34. The average Bonchev–Trinajstić information content (AvgIpc) is 2.08. The van der Waals surface area contributed by atoms with Crippen molar-refractivity contribution in [3.05, 3.63) is 41.1 Å². The Balaban J connectivity index is 2.54. The molecular weight excluding hydrogens is 190 g/mol. The minimum absolute atomic E-state index is 0.653. The van der Waals surface area contributed by atoms with Crippen LogP contribution in [0.3, 0.4) is 0 Å². The lowest BCUT2D eigenvalue weighted by molar-refractivity contribution is 0.258. The van der Waals surface area contributed by atoms with Crippen molar-refractivity contribution >= 4 is 25.0 Å². The summed E-state index contributed by atoms with van der Waals surface area (Å²) in [5, 5.41) is 17.3. The highest BCUT2D eigenvalue weighted by molar-refractivity contribution is 6.33. The van der Waals surface area contributed by atoms with E-state index in [1.165, 1.54) is 6.26 Å². The van der Waals surface area contributed by atoms with Gasteiger partial charge in [0, 0.05) is 5.02 Å². The van der Waals surface area contributed by atoms with Crippen LogP contribution < -0.4 is 0 Å². The predicted octanol–water partition coefficient (Wildman–Crippen LogP) is 1.30. The van der Waals surface area contributed by atoms with E-state index in [0.717, 1.165) is 5.56 Å². The summed E-state index contributed by atoms with van der Waals surface area (Å²) < 4.78 is 4.37. The molecule has 0 unspecified atom stereocenters. The van der Waals surface area contributed by atoms with E-state index in [1.54, 1.807) is 30.3 Å². The van der Waals surface area contributed by atoms with E-state index in [9.17, 15) is 0 Å². The van der Waals surface area contributed by atoms with E-state index in [1.807, 2.05) is 0 Å². The van der Waals surface area contributed by atoms with Crippen LogP contribution in [0.15, 0.2) is 30.5 Å². The van der Waals surface area contributed by atoms with E-state index < -0.39 is 7.32 Å². The summed E-state index contributed by atoms with van der Waals surface area (Å²) in [5.41, 5.74) is 0.866. The summed E-state index contributed by atoms with van der Waals surface area (Å²) in [7, 11) is -1.77. The summed E-state index contributed by atoms with van der Waals surface area (Å²) in [5.74, 6) is 0. The second-order valence-electron chi connectivity index (χ2n) is 2.32. The van der Waals surface area contributed by atoms with E-state index in [-0.39, 0.29) is 0 Å². The zero-order chi connectivity index (χ0) is 9.68. The zero-order valence-electron chi connectivity index (χ0n) is 6.72. The van der Waals surface area contributed by atoms with Crippen molar-refractivity contribution in [2.45, 2.75) is 0 Å². The molecule has 0 saturated carbocycles. The van der Waals surface area contributed by atoms with Crippen LogP contribution in [-0.4, -0.2) is 17.4 Å². The highest BCUT2D eigenvalue weighted by Crippen LogP contribution is 2.10. The first-order chi connectivity index (χ1) is 6.18. The second kappa shape index (κ2) is 4.92. The molecule has 2 N–H and O–H groups in total. The number of rotatable bonds is 3. The molecule has 0 radical (unpaired) electrons. The molecule has 1 aromatic rings. The molecule has 5 heteroatoms. The van der Waals surface area contributed by atoms with Gasteiger partial charge in [0.25, 0.3) is 0 Å². The minimum atomic E-state index is -1.77. The topological polar surface area (TPSA) is 49.7 Å². The molecule has 1 aromatic carbocycles. The zero-order valence-corrected chi connectivity index (χ0v) is 7.48. The third-order valence-corrected chi connectivity index (χ3v) is 1.58. The summed E-state index contributed by atoms with van der Waals surface area (Å²) in [6.45, 7) is 0. The number of hydrogen-bond donors (Lipinski definition) is 2. The SMILES string of the molecule is OB(O)OC=Cc1ccc(Cl)cc1. The van der Waals surface area contributed by atoms with E-state index in [0.29, 0.717) is 5.02 Å². The van der Waals surface area contributed by atoms with Crippen molar-refractivity contribution < 1.29 is 14.7 Å². The van der Waals surface area contributed by atoms with Gasteiger partial charge < -0.3 is 14.7 Å². The molecule has 0 aliphatic rings. The van der Waals surface area contributed by atoms with Gasteiger partial charge in [0.2, 0.25) is 0 Å². The lowest BCUT2D eigenvalue weighted by Crippen LogP contribution is -2.12. The Bertz CT molecular complexity index is 284. The van der Waals surface area contributed by atoms with Crippen LogP contribution >= 0.6 is 11.6 Å². The molecule has 0 saturated heterocycles. The maximum absolute atomic E-state index is 8.34. The molecule has 1 rings (SSSR count). The van der Waals surface area contributed by atoms with Crippen molar-refractivity contribution in [3.8, 4) is 0 Å². The maximum Gasteiger partial charge on any atom is 0.707 e. The lowest BCUT2D eigenvalue weighted by atomic mass is 10.2. The van der Waals surface area contributed by atoms with Gasteiger partial charge in [-0.3, -0.25) is 0 Å². The molecule has 13 heavy (non-hydrogen) atoms. The van der Waals surface area contributed by atoms with Crippen LogP contribution in [0.4, 0.5) is 0 Å². The third-order valence-electron chi connectivity index (χ3n) is 1.33. The highest BCUT2D eigenvalue weighted by atomic mass is 35.5. The van der Waals surface area contributed by atoms with Crippen LogP contribution in [0.1, 0.15) is 5.56 Å². The molecule has 0 amide bonds. The molecule has 0 heterocycles. The Labute approximate surface area is 81.4 Å². The number of halogens is 1. The van der Waals surface area contributed by atoms with Crippen molar-refractivity contribution in [1.82, 2.24) is 0 Å². The summed E-state index contributed by atoms with van der Waals surface area (Å²) in [6.07, 6.45) is 2.80. The standard InChI is InChI=1S/C8H8BClO3/c10-8-3-1-7(2-4-8)5-6-13-9(11)12/h1-6,11-12H. The number of benzene rings is 1. The van der Waals surface area contributed by atoms with Crippen molar-refractivity contribution in [2.24, 2.45) is 0 Å². The van der Waals surface area contributed by atoms with Gasteiger partial charge in [-0.15, -0.1) is 0 Å². The second-order valence-corrected chi connectivity index (χ2v) is 2.75.